The number of benzene rings is 2. The van der Waals surface area contributed by atoms with Crippen LogP contribution in [0.1, 0.15) is 5.56 Å². The summed E-state index contributed by atoms with van der Waals surface area (Å²) >= 11 is 3.37. The molecule has 0 atom stereocenters. The number of para-hydroxylation sites is 1. The van der Waals surface area contributed by atoms with Gasteiger partial charge >= 0.3 is 0 Å². The summed E-state index contributed by atoms with van der Waals surface area (Å²) in [6.45, 7) is 0.152. The Morgan fingerprint density at radius 1 is 1.29 bits per heavy atom. The van der Waals surface area contributed by atoms with Crippen molar-refractivity contribution in [2.45, 2.75) is 6.54 Å². The number of hydrogen-bond donors (Lipinski definition) is 2. The van der Waals surface area contributed by atoms with Crippen molar-refractivity contribution in [1.82, 2.24) is 0 Å². The molecule has 0 radical (unpaired) electrons. The number of carbonyl (C=O) groups excluding carboxylic acids is 1. The minimum absolute atomic E-state index is 0.129. The van der Waals surface area contributed by atoms with E-state index in [9.17, 15) is 9.18 Å². The molecular formula is C15H14BrFN2O2. The van der Waals surface area contributed by atoms with Gasteiger partial charge in [0.25, 0.3) is 5.91 Å². The summed E-state index contributed by atoms with van der Waals surface area (Å²) in [5.74, 6) is -0.389. The van der Waals surface area contributed by atoms with Crippen molar-refractivity contribution >= 4 is 27.5 Å². The Labute approximate surface area is 130 Å². The Hall–Kier alpha value is -1.92. The molecule has 110 valence electrons. The molecule has 0 fully saturated rings. The van der Waals surface area contributed by atoms with E-state index in [1.807, 2.05) is 0 Å². The van der Waals surface area contributed by atoms with Crippen molar-refractivity contribution in [1.29, 1.82) is 0 Å². The molecule has 0 heterocycles. The van der Waals surface area contributed by atoms with Crippen molar-refractivity contribution in [3.05, 3.63) is 58.3 Å². The highest BCUT2D eigenvalue weighted by atomic mass is 79.9. The number of rotatable bonds is 5. The van der Waals surface area contributed by atoms with E-state index in [1.165, 1.54) is 12.1 Å². The van der Waals surface area contributed by atoms with Crippen molar-refractivity contribution in [2.24, 2.45) is 5.73 Å². The van der Waals surface area contributed by atoms with Gasteiger partial charge in [0.05, 0.1) is 5.69 Å². The van der Waals surface area contributed by atoms with Crippen LogP contribution in [0, 0.1) is 5.82 Å². The third kappa shape index (κ3) is 4.27. The zero-order valence-corrected chi connectivity index (χ0v) is 12.7. The van der Waals surface area contributed by atoms with Crippen LogP contribution in [-0.4, -0.2) is 12.5 Å². The summed E-state index contributed by atoms with van der Waals surface area (Å²) in [5, 5.41) is 2.45. The maximum Gasteiger partial charge on any atom is 0.262 e. The van der Waals surface area contributed by atoms with E-state index in [2.05, 4.69) is 21.2 Å². The number of nitrogens with two attached hydrogens (primary N) is 1. The highest BCUT2D eigenvalue weighted by Crippen LogP contribution is 2.22. The first-order valence-electron chi connectivity index (χ1n) is 6.26. The molecule has 0 aliphatic rings. The molecule has 1 amide bonds. The van der Waals surface area contributed by atoms with Crippen LogP contribution in [0.4, 0.5) is 10.1 Å². The van der Waals surface area contributed by atoms with E-state index in [0.717, 1.165) is 10.0 Å². The first-order chi connectivity index (χ1) is 10.1. The number of halogens is 2. The molecule has 0 aliphatic carbocycles. The Morgan fingerprint density at radius 2 is 2.05 bits per heavy atom. The van der Waals surface area contributed by atoms with Gasteiger partial charge in [0, 0.05) is 11.0 Å². The van der Waals surface area contributed by atoms with E-state index in [0.29, 0.717) is 12.3 Å². The minimum atomic E-state index is -0.486. The number of nitrogens with one attached hydrogen (secondary N) is 1. The normalized spacial score (nSPS) is 10.2. The van der Waals surface area contributed by atoms with Gasteiger partial charge in [-0.25, -0.2) is 4.39 Å². The SMILES string of the molecule is NCc1cc(OCC(=O)Nc2ccccc2F)ccc1Br. The summed E-state index contributed by atoms with van der Waals surface area (Å²) < 4.78 is 19.6. The molecular weight excluding hydrogens is 339 g/mol. The predicted octanol–water partition coefficient (Wildman–Crippen LogP) is 3.06. The molecule has 0 saturated heterocycles. The number of ether oxygens (including phenoxy) is 1. The second-order valence-electron chi connectivity index (χ2n) is 4.27. The smallest absolute Gasteiger partial charge is 0.262 e. The molecule has 21 heavy (non-hydrogen) atoms. The topological polar surface area (TPSA) is 64.3 Å². The molecule has 6 heteroatoms. The van der Waals surface area contributed by atoms with Crippen LogP contribution in [0.3, 0.4) is 0 Å². The average Bonchev–Trinajstić information content (AvgIpc) is 2.49. The summed E-state index contributed by atoms with van der Waals surface area (Å²) in [5.41, 5.74) is 6.59. The molecule has 3 N–H and O–H groups in total. The van der Waals surface area contributed by atoms with Crippen molar-refractivity contribution < 1.29 is 13.9 Å². The van der Waals surface area contributed by atoms with Crippen molar-refractivity contribution in [2.75, 3.05) is 11.9 Å². The van der Waals surface area contributed by atoms with Crippen LogP contribution in [0.15, 0.2) is 46.9 Å². The quantitative estimate of drug-likeness (QED) is 0.868. The lowest BCUT2D eigenvalue weighted by molar-refractivity contribution is -0.118. The molecule has 2 rings (SSSR count). The fourth-order valence-corrected chi connectivity index (χ4v) is 2.10. The highest BCUT2D eigenvalue weighted by molar-refractivity contribution is 9.10. The predicted molar refractivity (Wildman–Crippen MR) is 82.6 cm³/mol. The second kappa shape index (κ2) is 7.19. The lowest BCUT2D eigenvalue weighted by Crippen LogP contribution is -2.20. The third-order valence-corrected chi connectivity index (χ3v) is 3.53. The molecule has 4 nitrogen and oxygen atoms in total. The standard InChI is InChI=1S/C15H14BrFN2O2/c16-12-6-5-11(7-10(12)8-18)21-9-15(20)19-14-4-2-1-3-13(14)17/h1-7H,8-9,18H2,(H,19,20). The van der Waals surface area contributed by atoms with Crippen LogP contribution in [-0.2, 0) is 11.3 Å². The number of anilines is 1. The van der Waals surface area contributed by atoms with Gasteiger partial charge in [0.2, 0.25) is 0 Å². The summed E-state index contributed by atoms with van der Waals surface area (Å²) in [7, 11) is 0. The lowest BCUT2D eigenvalue weighted by Gasteiger charge is -2.09. The van der Waals surface area contributed by atoms with Gasteiger partial charge in [-0.2, -0.15) is 0 Å². The fraction of sp³-hybridized carbons (Fsp3) is 0.133. The lowest BCUT2D eigenvalue weighted by atomic mass is 10.2. The van der Waals surface area contributed by atoms with Crippen molar-refractivity contribution in [3.8, 4) is 5.75 Å². The molecule has 2 aromatic rings. The molecule has 0 bridgehead atoms. The van der Waals surface area contributed by atoms with Crippen molar-refractivity contribution in [3.63, 3.8) is 0 Å². The average molecular weight is 353 g/mol. The number of amides is 1. The van der Waals surface area contributed by atoms with Gasteiger partial charge in [-0.05, 0) is 35.9 Å². The third-order valence-electron chi connectivity index (χ3n) is 2.75. The maximum absolute atomic E-state index is 13.4. The second-order valence-corrected chi connectivity index (χ2v) is 5.13. The largest absolute Gasteiger partial charge is 0.484 e. The van der Waals surface area contributed by atoms with Crippen LogP contribution < -0.4 is 15.8 Å². The zero-order valence-electron chi connectivity index (χ0n) is 11.1. The van der Waals surface area contributed by atoms with Crippen LogP contribution in [0.2, 0.25) is 0 Å². The van der Waals surface area contributed by atoms with Gasteiger partial charge in [-0.1, -0.05) is 28.1 Å². The molecule has 0 aromatic heterocycles. The number of hydrogen-bond acceptors (Lipinski definition) is 3. The molecule has 0 unspecified atom stereocenters. The van der Waals surface area contributed by atoms with Crippen LogP contribution in [0.5, 0.6) is 5.75 Å². The zero-order chi connectivity index (χ0) is 15.2. The molecule has 0 aliphatic heterocycles. The van der Waals surface area contributed by atoms with Gasteiger partial charge in [0.15, 0.2) is 6.61 Å². The van der Waals surface area contributed by atoms with E-state index in [1.54, 1.807) is 30.3 Å². The maximum atomic E-state index is 13.4. The van der Waals surface area contributed by atoms with Crippen LogP contribution >= 0.6 is 15.9 Å². The minimum Gasteiger partial charge on any atom is -0.484 e. The number of carbonyl (C=O) groups is 1. The van der Waals surface area contributed by atoms with Gasteiger partial charge < -0.3 is 15.8 Å². The van der Waals surface area contributed by atoms with E-state index < -0.39 is 11.7 Å². The summed E-state index contributed by atoms with van der Waals surface area (Å²) in [6.07, 6.45) is 0. The van der Waals surface area contributed by atoms with Gasteiger partial charge in [-0.3, -0.25) is 4.79 Å². The van der Waals surface area contributed by atoms with E-state index in [-0.39, 0.29) is 12.3 Å². The molecule has 0 saturated carbocycles. The van der Waals surface area contributed by atoms with E-state index in [4.69, 9.17) is 10.5 Å². The Kier molecular flexibility index (Phi) is 5.30. The fourth-order valence-electron chi connectivity index (χ4n) is 1.70. The van der Waals surface area contributed by atoms with Gasteiger partial charge in [0.1, 0.15) is 11.6 Å². The first kappa shape index (κ1) is 15.5. The Morgan fingerprint density at radius 3 is 2.76 bits per heavy atom. The van der Waals surface area contributed by atoms with Crippen LogP contribution in [0.25, 0.3) is 0 Å². The summed E-state index contributed by atoms with van der Waals surface area (Å²) in [6, 6.07) is 11.2. The highest BCUT2D eigenvalue weighted by Gasteiger charge is 2.08. The Balaban J connectivity index is 1.94. The van der Waals surface area contributed by atoms with E-state index >= 15 is 0 Å². The molecule has 0 spiro atoms. The molecule has 2 aromatic carbocycles. The summed E-state index contributed by atoms with van der Waals surface area (Å²) in [4.78, 5) is 11.7. The van der Waals surface area contributed by atoms with Gasteiger partial charge in [-0.15, -0.1) is 0 Å². The Bertz CT molecular complexity index is 649. The monoisotopic (exact) mass is 352 g/mol. The first-order valence-corrected chi connectivity index (χ1v) is 7.05.